The summed E-state index contributed by atoms with van der Waals surface area (Å²) >= 11 is 0. The Balaban J connectivity index is 0.000000189. The number of aliphatic hydroxyl groups is 1. The van der Waals surface area contributed by atoms with Crippen LogP contribution in [0.1, 0.15) is 82.0 Å². The third-order valence-corrected chi connectivity index (χ3v) is 9.68. The molecule has 0 aromatic heterocycles. The van der Waals surface area contributed by atoms with Gasteiger partial charge >= 0.3 is 5.97 Å². The van der Waals surface area contributed by atoms with E-state index in [1.54, 1.807) is 0 Å². The highest BCUT2D eigenvalue weighted by molar-refractivity contribution is 5.91. The molecule has 1 aromatic rings. The number of carboxylic acid groups (broad SMARTS) is 1. The van der Waals surface area contributed by atoms with Gasteiger partial charge in [-0.05, 0) is 91.6 Å². The number of carboxylic acids is 1. The Bertz CT molecular complexity index is 900. The van der Waals surface area contributed by atoms with Gasteiger partial charge in [0.25, 0.3) is 0 Å². The molecule has 0 bridgehead atoms. The maximum absolute atomic E-state index is 11.9. The minimum atomic E-state index is -1.16. The lowest BCUT2D eigenvalue weighted by atomic mass is 9.45. The van der Waals surface area contributed by atoms with Gasteiger partial charge in [-0.15, -0.1) is 0 Å². The van der Waals surface area contributed by atoms with Gasteiger partial charge in [0.15, 0.2) is 0 Å². The molecule has 32 heavy (non-hydrogen) atoms. The zero-order chi connectivity index (χ0) is 23.3. The summed E-state index contributed by atoms with van der Waals surface area (Å²) in [6, 6.07) is 3.87. The van der Waals surface area contributed by atoms with Gasteiger partial charge in [-0.2, -0.15) is 0 Å². The molecule has 0 unspecified atom stereocenters. The van der Waals surface area contributed by atoms with Crippen LogP contribution in [0.3, 0.4) is 0 Å². The van der Waals surface area contributed by atoms with Crippen molar-refractivity contribution >= 4 is 17.4 Å². The number of carbonyl (C=O) groups excluding carboxylic acids is 1. The fraction of sp³-hybridized carbons (Fsp3) is 0.692. The zero-order valence-corrected chi connectivity index (χ0v) is 19.2. The van der Waals surface area contributed by atoms with Crippen LogP contribution in [0, 0.1) is 34.5 Å². The molecule has 4 aliphatic carbocycles. The number of aliphatic hydroxyl groups excluding tert-OH is 1. The minimum absolute atomic E-state index is 0.0677. The Morgan fingerprint density at radius 2 is 1.75 bits per heavy atom. The zero-order valence-electron chi connectivity index (χ0n) is 19.2. The Labute approximate surface area is 190 Å². The van der Waals surface area contributed by atoms with Crippen molar-refractivity contribution in [3.8, 4) is 5.75 Å². The smallest absolute Gasteiger partial charge is 0.339 e. The van der Waals surface area contributed by atoms with Crippen molar-refractivity contribution in [2.24, 2.45) is 34.5 Å². The fourth-order valence-electron chi connectivity index (χ4n) is 7.75. The average molecular weight is 444 g/mol. The van der Waals surface area contributed by atoms with E-state index in [4.69, 9.17) is 15.9 Å². The molecule has 5 N–H and O–H groups in total. The van der Waals surface area contributed by atoms with Crippen molar-refractivity contribution in [1.29, 1.82) is 0 Å². The Morgan fingerprint density at radius 1 is 1.03 bits per heavy atom. The molecule has 0 amide bonds. The number of benzene rings is 1. The van der Waals surface area contributed by atoms with Gasteiger partial charge in [0, 0.05) is 24.6 Å². The Morgan fingerprint density at radius 3 is 2.44 bits per heavy atom. The topological polar surface area (TPSA) is 121 Å². The van der Waals surface area contributed by atoms with E-state index in [2.05, 4.69) is 13.8 Å². The second kappa shape index (κ2) is 8.36. The summed E-state index contributed by atoms with van der Waals surface area (Å²) in [5.74, 6) is 2.05. The fourth-order valence-corrected chi connectivity index (χ4v) is 7.75. The van der Waals surface area contributed by atoms with Gasteiger partial charge in [-0.1, -0.05) is 13.8 Å². The number of phenols is 1. The number of nitrogens with two attached hydrogens (primary N) is 1. The van der Waals surface area contributed by atoms with Crippen LogP contribution in [0.5, 0.6) is 5.75 Å². The van der Waals surface area contributed by atoms with Crippen LogP contribution in [-0.2, 0) is 4.79 Å². The van der Waals surface area contributed by atoms with E-state index >= 15 is 0 Å². The summed E-state index contributed by atoms with van der Waals surface area (Å²) in [4.78, 5) is 22.2. The number of rotatable bonds is 1. The molecule has 4 saturated carbocycles. The highest BCUT2D eigenvalue weighted by Gasteiger charge is 2.59. The first-order chi connectivity index (χ1) is 15.1. The number of hydrogen-bond acceptors (Lipinski definition) is 5. The van der Waals surface area contributed by atoms with Crippen LogP contribution >= 0.6 is 0 Å². The van der Waals surface area contributed by atoms with Crippen molar-refractivity contribution in [2.75, 3.05) is 5.73 Å². The van der Waals surface area contributed by atoms with E-state index < -0.39 is 5.97 Å². The molecule has 5 rings (SSSR count). The number of ketones is 1. The molecule has 0 radical (unpaired) electrons. The highest BCUT2D eigenvalue weighted by atomic mass is 16.4. The number of carbonyl (C=O) groups is 2. The van der Waals surface area contributed by atoms with Gasteiger partial charge in [0.2, 0.25) is 0 Å². The standard InChI is InChI=1S/C19H30O2.C7H7NO3/c1-18-9-7-13(20)11-12(18)3-4-14-15-5-6-17(21)19(15,2)10-8-16(14)18;8-4-1-2-5(7(10)11)6(9)3-4/h12,14-17,21H,3-11H2,1-2H3;1-3,9H,8H2,(H,10,11)/t12-,14-,15-,16-,17-,18-,19-;/m0./s1. The Hall–Kier alpha value is -2.08. The molecular weight excluding hydrogens is 406 g/mol. The van der Waals surface area contributed by atoms with Gasteiger partial charge in [0.1, 0.15) is 17.1 Å². The van der Waals surface area contributed by atoms with Gasteiger partial charge < -0.3 is 21.1 Å². The van der Waals surface area contributed by atoms with E-state index in [9.17, 15) is 14.7 Å². The lowest BCUT2D eigenvalue weighted by Gasteiger charge is -2.60. The number of Topliss-reactive ketones (excluding diaryl/α,β-unsaturated/α-hetero) is 1. The van der Waals surface area contributed by atoms with Crippen molar-refractivity contribution < 1.29 is 24.9 Å². The van der Waals surface area contributed by atoms with Crippen molar-refractivity contribution in [3.63, 3.8) is 0 Å². The van der Waals surface area contributed by atoms with Crippen LogP contribution in [-0.4, -0.2) is 33.2 Å². The number of fused-ring (bicyclic) bond motifs is 5. The number of hydrogen-bond donors (Lipinski definition) is 4. The van der Waals surface area contributed by atoms with Crippen molar-refractivity contribution in [3.05, 3.63) is 23.8 Å². The summed E-state index contributed by atoms with van der Waals surface area (Å²) < 4.78 is 0. The molecule has 6 nitrogen and oxygen atoms in total. The first-order valence-electron chi connectivity index (χ1n) is 12.1. The second-order valence-corrected chi connectivity index (χ2v) is 11.1. The number of aromatic carboxylic acids is 1. The first-order valence-corrected chi connectivity index (χ1v) is 12.1. The third kappa shape index (κ3) is 3.81. The monoisotopic (exact) mass is 443 g/mol. The molecule has 0 saturated heterocycles. The number of anilines is 1. The molecule has 0 aliphatic heterocycles. The van der Waals surface area contributed by atoms with Crippen molar-refractivity contribution in [1.82, 2.24) is 0 Å². The predicted molar refractivity (Wildman–Crippen MR) is 122 cm³/mol. The molecule has 7 atom stereocenters. The summed E-state index contributed by atoms with van der Waals surface area (Å²) in [7, 11) is 0. The SMILES string of the molecule is C[C@]12CCC(=O)C[C@@H]1CC[C@@H]1[C@@H]2CC[C@]2(C)[C@@H](O)CC[C@@H]12.Nc1ccc(C(=O)O)c(O)c1. The molecule has 4 fully saturated rings. The summed E-state index contributed by atoms with van der Waals surface area (Å²) in [6.07, 6.45) is 10.0. The van der Waals surface area contributed by atoms with E-state index in [1.165, 1.54) is 50.3 Å². The molecule has 6 heteroatoms. The molecule has 176 valence electrons. The minimum Gasteiger partial charge on any atom is -0.507 e. The van der Waals surface area contributed by atoms with Crippen LogP contribution in [0.25, 0.3) is 0 Å². The van der Waals surface area contributed by atoms with Gasteiger partial charge in [-0.3, -0.25) is 4.79 Å². The van der Waals surface area contributed by atoms with Crippen LogP contribution in [0.4, 0.5) is 5.69 Å². The third-order valence-electron chi connectivity index (χ3n) is 9.68. The lowest BCUT2D eigenvalue weighted by molar-refractivity contribution is -0.141. The van der Waals surface area contributed by atoms with E-state index in [1.807, 2.05) is 0 Å². The molecule has 1 aromatic carbocycles. The number of nitrogen functional groups attached to an aromatic ring is 1. The van der Waals surface area contributed by atoms with E-state index in [0.717, 1.165) is 43.4 Å². The first kappa shape index (κ1) is 23.1. The summed E-state index contributed by atoms with van der Waals surface area (Å²) in [5.41, 5.74) is 6.07. The molecule has 0 spiro atoms. The maximum atomic E-state index is 11.9. The number of aromatic hydroxyl groups is 1. The van der Waals surface area contributed by atoms with Crippen molar-refractivity contribution in [2.45, 2.75) is 77.7 Å². The highest BCUT2D eigenvalue weighted by Crippen LogP contribution is 2.65. The normalized spacial score (nSPS) is 40.3. The van der Waals surface area contributed by atoms with Crippen LogP contribution in [0.2, 0.25) is 0 Å². The average Bonchev–Trinajstić information content (AvgIpc) is 3.03. The second-order valence-electron chi connectivity index (χ2n) is 11.1. The Kier molecular flexibility index (Phi) is 6.03. The van der Waals surface area contributed by atoms with Crippen LogP contribution in [0.15, 0.2) is 18.2 Å². The van der Waals surface area contributed by atoms with E-state index in [-0.39, 0.29) is 22.8 Å². The van der Waals surface area contributed by atoms with Gasteiger partial charge in [0.05, 0.1) is 6.10 Å². The summed E-state index contributed by atoms with van der Waals surface area (Å²) in [6.45, 7) is 4.85. The largest absolute Gasteiger partial charge is 0.507 e. The van der Waals surface area contributed by atoms with Gasteiger partial charge in [-0.25, -0.2) is 4.79 Å². The molecule has 4 aliphatic rings. The quantitative estimate of drug-likeness (QED) is 0.470. The molecule has 0 heterocycles. The maximum Gasteiger partial charge on any atom is 0.339 e. The predicted octanol–water partition coefficient (Wildman–Crippen LogP) is 4.63. The summed E-state index contributed by atoms with van der Waals surface area (Å²) in [5, 5.41) is 27.9. The lowest BCUT2D eigenvalue weighted by Crippen LogP contribution is -2.54. The molecular formula is C26H37NO5. The van der Waals surface area contributed by atoms with E-state index in [0.29, 0.717) is 22.8 Å². The van der Waals surface area contributed by atoms with Crippen LogP contribution < -0.4 is 5.73 Å².